The van der Waals surface area contributed by atoms with Crippen molar-refractivity contribution < 1.29 is 20.1 Å². The molecule has 0 saturated heterocycles. The lowest BCUT2D eigenvalue weighted by Crippen LogP contribution is -2.62. The summed E-state index contributed by atoms with van der Waals surface area (Å²) in [6, 6.07) is 7.84. The highest BCUT2D eigenvalue weighted by atomic mass is 16.3. The van der Waals surface area contributed by atoms with Crippen LogP contribution < -0.4 is 5.32 Å². The molecule has 1 amide bonds. The van der Waals surface area contributed by atoms with Gasteiger partial charge in [-0.2, -0.15) is 0 Å². The van der Waals surface area contributed by atoms with Crippen molar-refractivity contribution in [3.63, 3.8) is 0 Å². The summed E-state index contributed by atoms with van der Waals surface area (Å²) >= 11 is 0. The summed E-state index contributed by atoms with van der Waals surface area (Å²) in [5.41, 5.74) is 0.0542. The number of rotatable bonds is 6. The fourth-order valence-corrected chi connectivity index (χ4v) is 2.75. The summed E-state index contributed by atoms with van der Waals surface area (Å²) in [5, 5.41) is 30.7. The number of aliphatic hydroxyl groups is 3. The van der Waals surface area contributed by atoms with Gasteiger partial charge in [-0.1, -0.05) is 36.2 Å². The Bertz CT molecular complexity index is 498. The number of hydrogen-bond donors (Lipinski definition) is 4. The lowest BCUT2D eigenvalue weighted by Gasteiger charge is -2.43. The van der Waals surface area contributed by atoms with Gasteiger partial charge in [0.2, 0.25) is 5.91 Å². The van der Waals surface area contributed by atoms with Crippen LogP contribution in [0.3, 0.4) is 0 Å². The molecule has 1 aromatic carbocycles. The fourth-order valence-electron chi connectivity index (χ4n) is 2.75. The van der Waals surface area contributed by atoms with Crippen molar-refractivity contribution in [1.82, 2.24) is 5.32 Å². The van der Waals surface area contributed by atoms with Crippen LogP contribution in [0.15, 0.2) is 24.3 Å². The molecular weight excluding hydrogens is 270 g/mol. The highest BCUT2D eigenvalue weighted by Gasteiger charge is 2.47. The molecule has 1 saturated carbocycles. The number of nitrogens with one attached hydrogen (secondary N) is 1. The molecule has 0 spiro atoms. The maximum atomic E-state index is 12.7. The Morgan fingerprint density at radius 1 is 1.24 bits per heavy atom. The van der Waals surface area contributed by atoms with Crippen LogP contribution in [0.5, 0.6) is 0 Å². The van der Waals surface area contributed by atoms with Crippen LogP contribution in [-0.2, 0) is 10.2 Å². The zero-order chi connectivity index (χ0) is 15.5. The number of aliphatic hydroxyl groups excluding tert-OH is 3. The Morgan fingerprint density at radius 2 is 1.86 bits per heavy atom. The molecule has 2 rings (SSSR count). The van der Waals surface area contributed by atoms with Gasteiger partial charge in [0.25, 0.3) is 0 Å². The summed E-state index contributed by atoms with van der Waals surface area (Å²) < 4.78 is 0. The molecule has 0 atom stereocenters. The molecule has 0 heterocycles. The van der Waals surface area contributed by atoms with Crippen molar-refractivity contribution in [3.05, 3.63) is 35.4 Å². The van der Waals surface area contributed by atoms with Crippen LogP contribution in [0, 0.1) is 6.92 Å². The molecule has 116 valence electrons. The zero-order valence-electron chi connectivity index (χ0n) is 12.3. The standard InChI is InChI=1S/C16H23NO4/c1-12-4-2-5-13(8-12)16(6-3-7-16)14(21)17-15(9-18,10-19)11-20/h2,4-5,8,18-20H,3,6-7,9-11H2,1H3,(H,17,21). The van der Waals surface area contributed by atoms with Crippen molar-refractivity contribution in [2.24, 2.45) is 0 Å². The van der Waals surface area contributed by atoms with Gasteiger partial charge >= 0.3 is 0 Å². The van der Waals surface area contributed by atoms with E-state index in [1.807, 2.05) is 31.2 Å². The average Bonchev–Trinajstić information content (AvgIpc) is 2.44. The quantitative estimate of drug-likeness (QED) is 0.605. The summed E-state index contributed by atoms with van der Waals surface area (Å²) in [6.07, 6.45) is 2.44. The molecule has 5 nitrogen and oxygen atoms in total. The molecule has 21 heavy (non-hydrogen) atoms. The third kappa shape index (κ3) is 2.81. The highest BCUT2D eigenvalue weighted by Crippen LogP contribution is 2.44. The van der Waals surface area contributed by atoms with Crippen molar-refractivity contribution in [2.75, 3.05) is 19.8 Å². The van der Waals surface area contributed by atoms with E-state index in [0.717, 1.165) is 30.4 Å². The van der Waals surface area contributed by atoms with Gasteiger partial charge in [0.1, 0.15) is 5.54 Å². The Morgan fingerprint density at radius 3 is 2.29 bits per heavy atom. The number of hydrogen-bond acceptors (Lipinski definition) is 4. The second-order valence-electron chi connectivity index (χ2n) is 6.01. The molecule has 1 aromatic rings. The van der Waals surface area contributed by atoms with E-state index >= 15 is 0 Å². The molecule has 0 radical (unpaired) electrons. The topological polar surface area (TPSA) is 89.8 Å². The molecule has 4 N–H and O–H groups in total. The molecule has 1 aliphatic carbocycles. The monoisotopic (exact) mass is 293 g/mol. The molecule has 1 fully saturated rings. The number of carbonyl (C=O) groups excluding carboxylic acids is 1. The van der Waals surface area contributed by atoms with Gasteiger partial charge in [0.05, 0.1) is 25.2 Å². The lowest BCUT2D eigenvalue weighted by molar-refractivity contribution is -0.134. The first-order valence-corrected chi connectivity index (χ1v) is 7.24. The van der Waals surface area contributed by atoms with E-state index in [9.17, 15) is 20.1 Å². The van der Waals surface area contributed by atoms with Gasteiger partial charge in [-0.3, -0.25) is 4.79 Å². The smallest absolute Gasteiger partial charge is 0.231 e. The molecular formula is C16H23NO4. The average molecular weight is 293 g/mol. The summed E-state index contributed by atoms with van der Waals surface area (Å²) in [5.74, 6) is -0.239. The minimum Gasteiger partial charge on any atom is -0.394 e. The predicted octanol–water partition coefficient (Wildman–Crippen LogP) is 0.249. The van der Waals surface area contributed by atoms with Crippen LogP contribution in [-0.4, -0.2) is 46.6 Å². The number of amides is 1. The fraction of sp³-hybridized carbons (Fsp3) is 0.562. The second-order valence-corrected chi connectivity index (χ2v) is 6.01. The lowest BCUT2D eigenvalue weighted by atomic mass is 9.63. The first-order valence-electron chi connectivity index (χ1n) is 7.24. The van der Waals surface area contributed by atoms with E-state index in [1.165, 1.54) is 0 Å². The van der Waals surface area contributed by atoms with Crippen LogP contribution in [0.25, 0.3) is 0 Å². The van der Waals surface area contributed by atoms with Gasteiger partial charge in [-0.05, 0) is 25.3 Å². The molecule has 0 unspecified atom stereocenters. The van der Waals surface area contributed by atoms with E-state index in [2.05, 4.69) is 5.32 Å². The molecule has 1 aliphatic rings. The summed E-state index contributed by atoms with van der Waals surface area (Å²) in [7, 11) is 0. The normalized spacial score (nSPS) is 17.1. The van der Waals surface area contributed by atoms with Gasteiger partial charge in [-0.25, -0.2) is 0 Å². The van der Waals surface area contributed by atoms with E-state index in [0.29, 0.717) is 0 Å². The summed E-state index contributed by atoms with van der Waals surface area (Å²) in [6.45, 7) is 0.466. The van der Waals surface area contributed by atoms with Crippen LogP contribution in [0.1, 0.15) is 30.4 Å². The van der Waals surface area contributed by atoms with Gasteiger partial charge < -0.3 is 20.6 Å². The third-order valence-electron chi connectivity index (χ3n) is 4.50. The van der Waals surface area contributed by atoms with Gasteiger partial charge in [-0.15, -0.1) is 0 Å². The highest BCUT2D eigenvalue weighted by molar-refractivity contribution is 5.90. The van der Waals surface area contributed by atoms with Crippen molar-refractivity contribution in [1.29, 1.82) is 0 Å². The Labute approximate surface area is 124 Å². The Kier molecular flexibility index (Phi) is 4.66. The number of aryl methyl sites for hydroxylation is 1. The predicted molar refractivity (Wildman–Crippen MR) is 78.8 cm³/mol. The maximum absolute atomic E-state index is 12.7. The largest absolute Gasteiger partial charge is 0.394 e. The van der Waals surface area contributed by atoms with E-state index in [-0.39, 0.29) is 5.91 Å². The van der Waals surface area contributed by atoms with Crippen LogP contribution >= 0.6 is 0 Å². The van der Waals surface area contributed by atoms with Gasteiger partial charge in [0, 0.05) is 0 Å². The molecule has 0 aromatic heterocycles. The Balaban J connectivity index is 2.27. The minimum atomic E-state index is -1.37. The first kappa shape index (κ1) is 15.9. The summed E-state index contributed by atoms with van der Waals surface area (Å²) in [4.78, 5) is 12.7. The maximum Gasteiger partial charge on any atom is 0.231 e. The number of benzene rings is 1. The van der Waals surface area contributed by atoms with Gasteiger partial charge in [0.15, 0.2) is 0 Å². The van der Waals surface area contributed by atoms with E-state index < -0.39 is 30.8 Å². The second kappa shape index (κ2) is 6.13. The van der Waals surface area contributed by atoms with Crippen molar-refractivity contribution in [3.8, 4) is 0 Å². The van der Waals surface area contributed by atoms with Crippen LogP contribution in [0.4, 0.5) is 0 Å². The SMILES string of the molecule is Cc1cccc(C2(C(=O)NC(CO)(CO)CO)CCC2)c1. The molecule has 5 heteroatoms. The van der Waals surface area contributed by atoms with E-state index in [4.69, 9.17) is 0 Å². The molecule has 0 aliphatic heterocycles. The third-order valence-corrected chi connectivity index (χ3v) is 4.50. The number of carbonyl (C=O) groups is 1. The zero-order valence-corrected chi connectivity index (χ0v) is 12.3. The minimum absolute atomic E-state index is 0.239. The van der Waals surface area contributed by atoms with Crippen molar-refractivity contribution in [2.45, 2.75) is 37.1 Å². The molecule has 0 bridgehead atoms. The van der Waals surface area contributed by atoms with Crippen molar-refractivity contribution >= 4 is 5.91 Å². The first-order chi connectivity index (χ1) is 10.0. The Hall–Kier alpha value is -1.43. The van der Waals surface area contributed by atoms with E-state index in [1.54, 1.807) is 0 Å². The van der Waals surface area contributed by atoms with Crippen LogP contribution in [0.2, 0.25) is 0 Å².